The maximum atomic E-state index is 13.0. The molecule has 3 heterocycles. The first-order valence-electron chi connectivity index (χ1n) is 11.4. The van der Waals surface area contributed by atoms with Crippen LogP contribution in [0.4, 0.5) is 5.69 Å². The Morgan fingerprint density at radius 1 is 1.09 bits per heavy atom. The number of hydrogen-bond acceptors (Lipinski definition) is 5. The molecular formula is C24H29N5O4. The maximum Gasteiger partial charge on any atom is 0.264 e. The fourth-order valence-corrected chi connectivity index (χ4v) is 4.90. The maximum absolute atomic E-state index is 13.0. The molecule has 2 N–H and O–H groups in total. The molecular weight excluding hydrogens is 422 g/mol. The highest BCUT2D eigenvalue weighted by molar-refractivity contribution is 5.94. The highest BCUT2D eigenvalue weighted by Gasteiger charge is 2.35. The number of rotatable bonds is 5. The van der Waals surface area contributed by atoms with Crippen molar-refractivity contribution in [3.05, 3.63) is 58.0 Å². The molecule has 2 fully saturated rings. The monoisotopic (exact) mass is 451 g/mol. The first-order chi connectivity index (χ1) is 15.9. The van der Waals surface area contributed by atoms with Gasteiger partial charge in [-0.1, -0.05) is 12.1 Å². The second-order valence-electron chi connectivity index (χ2n) is 8.93. The Hall–Kier alpha value is -3.49. The summed E-state index contributed by atoms with van der Waals surface area (Å²) in [5.41, 5.74) is 1.48. The van der Waals surface area contributed by atoms with Crippen molar-refractivity contribution in [3.63, 3.8) is 0 Å². The van der Waals surface area contributed by atoms with Crippen LogP contribution < -0.4 is 10.9 Å². The van der Waals surface area contributed by atoms with Gasteiger partial charge in [-0.2, -0.15) is 5.10 Å². The number of nitrogens with zero attached hydrogens (tertiary/aromatic N) is 3. The van der Waals surface area contributed by atoms with E-state index in [0.717, 1.165) is 31.4 Å². The Balaban J connectivity index is 1.34. The molecule has 2 aliphatic rings. The zero-order chi connectivity index (χ0) is 23.4. The molecule has 3 amide bonds. The number of anilines is 1. The number of likely N-dealkylation sites (tertiary alicyclic amines) is 2. The van der Waals surface area contributed by atoms with Gasteiger partial charge in [0.1, 0.15) is 0 Å². The number of nitrogens with one attached hydrogen (secondary N) is 2. The van der Waals surface area contributed by atoms with E-state index in [2.05, 4.69) is 15.5 Å². The Kier molecular flexibility index (Phi) is 6.86. The van der Waals surface area contributed by atoms with E-state index in [1.165, 1.54) is 19.2 Å². The van der Waals surface area contributed by atoms with Crippen LogP contribution in [0, 0.1) is 11.8 Å². The Labute approximate surface area is 192 Å². The number of benzene rings is 1. The SMILES string of the molecule is CC(=O)Nc1cccc(CC(=O)N2CCCC(C3CCN(C(=O)c4cn[nH]c(=O)c4)C3)C2)c1. The summed E-state index contributed by atoms with van der Waals surface area (Å²) in [5, 5.41) is 8.76. The number of aromatic amines is 1. The summed E-state index contributed by atoms with van der Waals surface area (Å²) in [7, 11) is 0. The van der Waals surface area contributed by atoms with Gasteiger partial charge in [-0.3, -0.25) is 19.2 Å². The van der Waals surface area contributed by atoms with Gasteiger partial charge in [-0.25, -0.2) is 5.10 Å². The van der Waals surface area contributed by atoms with Crippen LogP contribution in [0.2, 0.25) is 0 Å². The van der Waals surface area contributed by atoms with Crippen molar-refractivity contribution in [1.29, 1.82) is 0 Å². The molecule has 2 saturated heterocycles. The number of aromatic nitrogens is 2. The van der Waals surface area contributed by atoms with Crippen LogP contribution >= 0.6 is 0 Å². The molecule has 2 aromatic rings. The van der Waals surface area contributed by atoms with Crippen LogP contribution in [0.3, 0.4) is 0 Å². The van der Waals surface area contributed by atoms with E-state index >= 15 is 0 Å². The third-order valence-corrected chi connectivity index (χ3v) is 6.50. The summed E-state index contributed by atoms with van der Waals surface area (Å²) < 4.78 is 0. The molecule has 9 nitrogen and oxygen atoms in total. The Bertz CT molecular complexity index is 1100. The van der Waals surface area contributed by atoms with Gasteiger partial charge in [0, 0.05) is 44.9 Å². The van der Waals surface area contributed by atoms with Crippen molar-refractivity contribution in [2.75, 3.05) is 31.5 Å². The Morgan fingerprint density at radius 3 is 2.67 bits per heavy atom. The fraction of sp³-hybridized carbons (Fsp3) is 0.458. The van der Waals surface area contributed by atoms with Crippen molar-refractivity contribution in [2.45, 2.75) is 32.6 Å². The number of carbonyl (C=O) groups excluding carboxylic acids is 3. The molecule has 0 bridgehead atoms. The van der Waals surface area contributed by atoms with Gasteiger partial charge in [0.15, 0.2) is 0 Å². The third-order valence-electron chi connectivity index (χ3n) is 6.50. The predicted molar refractivity (Wildman–Crippen MR) is 123 cm³/mol. The second-order valence-corrected chi connectivity index (χ2v) is 8.93. The molecule has 0 aliphatic carbocycles. The summed E-state index contributed by atoms with van der Waals surface area (Å²) in [6, 6.07) is 8.66. The van der Waals surface area contributed by atoms with Crippen LogP contribution in [0.1, 0.15) is 42.1 Å². The molecule has 2 aliphatic heterocycles. The van der Waals surface area contributed by atoms with E-state index in [-0.39, 0.29) is 23.3 Å². The van der Waals surface area contributed by atoms with Crippen LogP contribution in [0.5, 0.6) is 0 Å². The van der Waals surface area contributed by atoms with Gasteiger partial charge in [0.25, 0.3) is 11.5 Å². The summed E-state index contributed by atoms with van der Waals surface area (Å²) in [4.78, 5) is 52.2. The van der Waals surface area contributed by atoms with Crippen LogP contribution in [0.15, 0.2) is 41.3 Å². The quantitative estimate of drug-likeness (QED) is 0.718. The molecule has 0 saturated carbocycles. The first kappa shape index (κ1) is 22.7. The van der Waals surface area contributed by atoms with Gasteiger partial charge < -0.3 is 15.1 Å². The smallest absolute Gasteiger partial charge is 0.264 e. The number of amides is 3. The Morgan fingerprint density at radius 2 is 1.88 bits per heavy atom. The van der Waals surface area contributed by atoms with E-state index in [9.17, 15) is 19.2 Å². The zero-order valence-corrected chi connectivity index (χ0v) is 18.8. The molecule has 9 heteroatoms. The van der Waals surface area contributed by atoms with Crippen LogP contribution in [-0.4, -0.2) is 63.9 Å². The number of piperidine rings is 1. The van der Waals surface area contributed by atoms with Gasteiger partial charge in [-0.15, -0.1) is 0 Å². The molecule has 0 radical (unpaired) electrons. The lowest BCUT2D eigenvalue weighted by atomic mass is 9.84. The summed E-state index contributed by atoms with van der Waals surface area (Å²) in [5.74, 6) is 0.460. The van der Waals surface area contributed by atoms with E-state index in [1.54, 1.807) is 11.0 Å². The fourth-order valence-electron chi connectivity index (χ4n) is 4.90. The average molecular weight is 452 g/mol. The van der Waals surface area contributed by atoms with Gasteiger partial charge >= 0.3 is 0 Å². The predicted octanol–water partition coefficient (Wildman–Crippen LogP) is 1.67. The second kappa shape index (κ2) is 9.97. The lowest BCUT2D eigenvalue weighted by Crippen LogP contribution is -2.43. The largest absolute Gasteiger partial charge is 0.342 e. The third kappa shape index (κ3) is 5.66. The zero-order valence-electron chi connectivity index (χ0n) is 18.8. The van der Waals surface area contributed by atoms with E-state index in [4.69, 9.17) is 0 Å². The van der Waals surface area contributed by atoms with Crippen molar-refractivity contribution in [1.82, 2.24) is 20.0 Å². The van der Waals surface area contributed by atoms with Gasteiger partial charge in [-0.05, 0) is 48.8 Å². The van der Waals surface area contributed by atoms with Crippen molar-refractivity contribution >= 4 is 23.4 Å². The van der Waals surface area contributed by atoms with Crippen LogP contribution in [-0.2, 0) is 16.0 Å². The van der Waals surface area contributed by atoms with Crippen molar-refractivity contribution < 1.29 is 14.4 Å². The molecule has 33 heavy (non-hydrogen) atoms. The number of H-pyrrole nitrogens is 1. The minimum absolute atomic E-state index is 0.0835. The highest BCUT2D eigenvalue weighted by atomic mass is 16.2. The molecule has 1 aromatic carbocycles. The van der Waals surface area contributed by atoms with Gasteiger partial charge in [0.05, 0.1) is 18.2 Å². The molecule has 2 atom stereocenters. The molecule has 4 rings (SSSR count). The lowest BCUT2D eigenvalue weighted by molar-refractivity contribution is -0.132. The lowest BCUT2D eigenvalue weighted by Gasteiger charge is -2.36. The van der Waals surface area contributed by atoms with Crippen molar-refractivity contribution in [3.8, 4) is 0 Å². The molecule has 0 spiro atoms. The standard InChI is InChI=1S/C24H29N5O4/c1-16(30)26-21-6-2-4-17(10-21)11-23(32)28-8-3-5-18(14-28)19-7-9-29(15-19)24(33)20-12-22(31)27-25-13-20/h2,4,6,10,12-13,18-19H,3,5,7-9,11,14-15H2,1H3,(H,26,30)(H,27,31). The first-order valence-corrected chi connectivity index (χ1v) is 11.4. The summed E-state index contributed by atoms with van der Waals surface area (Å²) in [6.45, 7) is 4.19. The molecule has 2 unspecified atom stereocenters. The molecule has 1 aromatic heterocycles. The minimum Gasteiger partial charge on any atom is -0.342 e. The van der Waals surface area contributed by atoms with E-state index in [1.807, 2.05) is 23.1 Å². The summed E-state index contributed by atoms with van der Waals surface area (Å²) in [6.07, 6.45) is 4.57. The van der Waals surface area contributed by atoms with E-state index in [0.29, 0.717) is 49.1 Å². The average Bonchev–Trinajstić information content (AvgIpc) is 3.29. The van der Waals surface area contributed by atoms with Crippen molar-refractivity contribution in [2.24, 2.45) is 11.8 Å². The minimum atomic E-state index is -0.388. The highest BCUT2D eigenvalue weighted by Crippen LogP contribution is 2.32. The normalized spacial score (nSPS) is 20.5. The number of carbonyl (C=O) groups is 3. The van der Waals surface area contributed by atoms with E-state index < -0.39 is 0 Å². The number of hydrogen-bond donors (Lipinski definition) is 2. The van der Waals surface area contributed by atoms with Crippen LogP contribution in [0.25, 0.3) is 0 Å². The van der Waals surface area contributed by atoms with Gasteiger partial charge in [0.2, 0.25) is 11.8 Å². The molecule has 174 valence electrons. The topological polar surface area (TPSA) is 115 Å². The summed E-state index contributed by atoms with van der Waals surface area (Å²) >= 11 is 0.